The van der Waals surface area contributed by atoms with Gasteiger partial charge in [0.2, 0.25) is 0 Å². The molecule has 2 aliphatic rings. The molecule has 1 saturated carbocycles. The Kier molecular flexibility index (Phi) is 8.64. The van der Waals surface area contributed by atoms with Crippen LogP contribution in [-0.4, -0.2) is 34.1 Å². The quantitative estimate of drug-likeness (QED) is 0.631. The van der Waals surface area contributed by atoms with Gasteiger partial charge in [0.15, 0.2) is 0 Å². The van der Waals surface area contributed by atoms with E-state index in [2.05, 4.69) is 4.98 Å². The highest BCUT2D eigenvalue weighted by Crippen LogP contribution is 2.46. The number of cyclic esters (lactones) is 1. The van der Waals surface area contributed by atoms with Crippen LogP contribution in [0.5, 0.6) is 0 Å². The molecule has 1 aliphatic carbocycles. The van der Waals surface area contributed by atoms with Gasteiger partial charge in [0.25, 0.3) is 0 Å². The first-order valence-corrected chi connectivity index (χ1v) is 12.3. The highest BCUT2D eigenvalue weighted by atomic mass is 16.5. The molecule has 0 aromatic carbocycles. The summed E-state index contributed by atoms with van der Waals surface area (Å²) < 4.78 is 5.94. The highest BCUT2D eigenvalue weighted by Gasteiger charge is 2.39. The summed E-state index contributed by atoms with van der Waals surface area (Å²) in [7, 11) is 0. The average molecular weight is 442 g/mol. The molecule has 3 rings (SSSR count). The van der Waals surface area contributed by atoms with Crippen molar-refractivity contribution in [3.8, 4) is 0 Å². The summed E-state index contributed by atoms with van der Waals surface area (Å²) in [5.74, 6) is 0.391. The van der Waals surface area contributed by atoms with Crippen molar-refractivity contribution >= 4 is 17.8 Å². The molecule has 2 fully saturated rings. The average Bonchev–Trinajstić information content (AvgIpc) is 3.51. The zero-order valence-corrected chi connectivity index (χ0v) is 20.0. The monoisotopic (exact) mass is 441 g/mol. The number of hydrogen-bond acceptors (Lipinski definition) is 5. The minimum absolute atomic E-state index is 0.0396. The number of esters is 1. The first kappa shape index (κ1) is 24.6. The third-order valence-corrected chi connectivity index (χ3v) is 7.30. The number of ketones is 1. The molecule has 0 amide bonds. The molecule has 6 unspecified atom stereocenters. The number of aliphatic hydroxyl groups is 1. The van der Waals surface area contributed by atoms with Gasteiger partial charge < -0.3 is 9.84 Å². The van der Waals surface area contributed by atoms with E-state index in [-0.39, 0.29) is 36.1 Å². The molecule has 32 heavy (non-hydrogen) atoms. The highest BCUT2D eigenvalue weighted by molar-refractivity contribution is 5.83. The van der Waals surface area contributed by atoms with Gasteiger partial charge in [-0.25, -0.2) is 0 Å². The number of aromatic nitrogens is 1. The van der Waals surface area contributed by atoms with Gasteiger partial charge >= 0.3 is 5.97 Å². The van der Waals surface area contributed by atoms with Crippen LogP contribution in [0, 0.1) is 30.6 Å². The molecule has 1 aromatic heterocycles. The lowest BCUT2D eigenvalue weighted by Gasteiger charge is -2.23. The molecule has 1 aromatic rings. The standard InChI is InChI=1S/C27H39NO4/c1-17-9-11-23(28-16-17)13-19(3)25-15-22-14-21(22)7-5-6-8-24(29)20(4)27(31)18(2)10-12-26(30)32-25/h9,11,13,16,18,20-22,24-25,29H,5-8,10,12,14-15H2,1-4H3/b19-13+. The Labute approximate surface area is 192 Å². The van der Waals surface area contributed by atoms with Crippen molar-refractivity contribution in [2.45, 2.75) is 91.3 Å². The predicted octanol–water partition coefficient (Wildman–Crippen LogP) is 5.29. The second kappa shape index (κ2) is 11.2. The van der Waals surface area contributed by atoms with E-state index < -0.39 is 6.10 Å². The smallest absolute Gasteiger partial charge is 0.306 e. The lowest BCUT2D eigenvalue weighted by Crippen LogP contribution is -2.30. The molecular formula is C27H39NO4. The topological polar surface area (TPSA) is 76.5 Å². The molecule has 0 spiro atoms. The Morgan fingerprint density at radius 1 is 1.09 bits per heavy atom. The van der Waals surface area contributed by atoms with Crippen LogP contribution in [0.4, 0.5) is 0 Å². The Hall–Kier alpha value is -2.01. The third-order valence-electron chi connectivity index (χ3n) is 7.30. The van der Waals surface area contributed by atoms with Gasteiger partial charge in [-0.15, -0.1) is 0 Å². The minimum atomic E-state index is -0.590. The van der Waals surface area contributed by atoms with Crippen molar-refractivity contribution in [1.82, 2.24) is 4.98 Å². The zero-order valence-electron chi connectivity index (χ0n) is 20.0. The van der Waals surface area contributed by atoms with E-state index in [1.54, 1.807) is 0 Å². The van der Waals surface area contributed by atoms with E-state index in [0.717, 1.165) is 42.5 Å². The van der Waals surface area contributed by atoms with Crippen LogP contribution >= 0.6 is 0 Å². The summed E-state index contributed by atoms with van der Waals surface area (Å²) in [5.41, 5.74) is 3.00. The molecule has 6 atom stereocenters. The maximum atomic E-state index is 12.7. The van der Waals surface area contributed by atoms with E-state index in [0.29, 0.717) is 24.7 Å². The molecule has 1 N–H and O–H groups in total. The number of aliphatic hydroxyl groups excluding tert-OH is 1. The van der Waals surface area contributed by atoms with E-state index in [1.807, 2.05) is 52.1 Å². The molecule has 1 saturated heterocycles. The number of nitrogens with zero attached hydrogens (tertiary/aromatic N) is 1. The van der Waals surface area contributed by atoms with Gasteiger partial charge in [-0.05, 0) is 74.6 Å². The lowest BCUT2D eigenvalue weighted by molar-refractivity contribution is -0.148. The lowest BCUT2D eigenvalue weighted by atomic mass is 9.86. The molecule has 2 heterocycles. The summed E-state index contributed by atoms with van der Waals surface area (Å²) in [5, 5.41) is 10.4. The van der Waals surface area contributed by atoms with E-state index >= 15 is 0 Å². The number of aryl methyl sites for hydroxylation is 1. The summed E-state index contributed by atoms with van der Waals surface area (Å²) in [6, 6.07) is 4.02. The van der Waals surface area contributed by atoms with Crippen molar-refractivity contribution < 1.29 is 19.4 Å². The molecule has 0 bridgehead atoms. The fourth-order valence-corrected chi connectivity index (χ4v) is 4.79. The minimum Gasteiger partial charge on any atom is -0.458 e. The van der Waals surface area contributed by atoms with Crippen molar-refractivity contribution in [1.29, 1.82) is 0 Å². The summed E-state index contributed by atoms with van der Waals surface area (Å²) >= 11 is 0. The Bertz CT molecular complexity index is 815. The third kappa shape index (κ3) is 6.99. The van der Waals surface area contributed by atoms with Gasteiger partial charge in [-0.2, -0.15) is 0 Å². The number of carbonyl (C=O) groups is 2. The van der Waals surface area contributed by atoms with Crippen LogP contribution in [0.15, 0.2) is 23.9 Å². The number of carbonyl (C=O) groups excluding carboxylic acids is 2. The van der Waals surface area contributed by atoms with Gasteiger partial charge in [0.1, 0.15) is 11.9 Å². The molecule has 5 nitrogen and oxygen atoms in total. The van der Waals surface area contributed by atoms with Gasteiger partial charge in [-0.3, -0.25) is 14.6 Å². The second-order valence-corrected chi connectivity index (χ2v) is 10.1. The van der Waals surface area contributed by atoms with Crippen LogP contribution in [0.2, 0.25) is 0 Å². The van der Waals surface area contributed by atoms with E-state index in [4.69, 9.17) is 4.74 Å². The number of pyridine rings is 1. The van der Waals surface area contributed by atoms with Gasteiger partial charge in [0, 0.05) is 24.5 Å². The number of Topliss-reactive ketones (excluding diaryl/α,β-unsaturated/α-hetero) is 1. The zero-order chi connectivity index (χ0) is 23.3. The maximum Gasteiger partial charge on any atom is 0.306 e. The fraction of sp³-hybridized carbons (Fsp3) is 0.667. The Morgan fingerprint density at radius 3 is 2.56 bits per heavy atom. The molecule has 0 radical (unpaired) electrons. The molecule has 176 valence electrons. The Morgan fingerprint density at radius 2 is 1.84 bits per heavy atom. The molecular weight excluding hydrogens is 402 g/mol. The SMILES string of the molecule is C/C(=C\c1ccc(C)cn1)C1CC2CC2CCCCC(O)C(C)C(=O)C(C)CCC(=O)O1. The summed E-state index contributed by atoms with van der Waals surface area (Å²) in [6.45, 7) is 7.69. The van der Waals surface area contributed by atoms with Crippen molar-refractivity contribution in [2.24, 2.45) is 23.7 Å². The van der Waals surface area contributed by atoms with E-state index in [9.17, 15) is 14.7 Å². The molecule has 5 heteroatoms. The second-order valence-electron chi connectivity index (χ2n) is 10.1. The van der Waals surface area contributed by atoms with E-state index in [1.165, 1.54) is 6.42 Å². The van der Waals surface area contributed by atoms with Crippen molar-refractivity contribution in [2.75, 3.05) is 0 Å². The number of rotatable bonds is 2. The van der Waals surface area contributed by atoms with Crippen LogP contribution in [0.1, 0.15) is 83.4 Å². The van der Waals surface area contributed by atoms with Crippen molar-refractivity contribution in [3.05, 3.63) is 35.2 Å². The number of ether oxygens (including phenoxy) is 1. The van der Waals surface area contributed by atoms with Crippen LogP contribution in [0.3, 0.4) is 0 Å². The summed E-state index contributed by atoms with van der Waals surface area (Å²) in [6.07, 6.45) is 9.55. The van der Waals surface area contributed by atoms with Crippen molar-refractivity contribution in [3.63, 3.8) is 0 Å². The van der Waals surface area contributed by atoms with Crippen LogP contribution in [-0.2, 0) is 14.3 Å². The maximum absolute atomic E-state index is 12.7. The van der Waals surface area contributed by atoms with Crippen LogP contribution < -0.4 is 0 Å². The fourth-order valence-electron chi connectivity index (χ4n) is 4.79. The number of fused-ring (bicyclic) bond motifs is 1. The normalized spacial score (nSPS) is 33.3. The largest absolute Gasteiger partial charge is 0.458 e. The predicted molar refractivity (Wildman–Crippen MR) is 126 cm³/mol. The number of hydrogen-bond donors (Lipinski definition) is 1. The summed E-state index contributed by atoms with van der Waals surface area (Å²) in [4.78, 5) is 29.8. The Balaban J connectivity index is 1.71. The first-order chi connectivity index (χ1) is 15.2. The molecule has 1 aliphatic heterocycles. The van der Waals surface area contributed by atoms with Gasteiger partial charge in [-0.1, -0.05) is 39.2 Å². The van der Waals surface area contributed by atoms with Crippen LogP contribution in [0.25, 0.3) is 6.08 Å². The first-order valence-electron chi connectivity index (χ1n) is 12.3. The van der Waals surface area contributed by atoms with Gasteiger partial charge in [0.05, 0.1) is 11.8 Å².